The second-order valence-corrected chi connectivity index (χ2v) is 10.4. The van der Waals surface area contributed by atoms with Gasteiger partial charge in [-0.25, -0.2) is 4.98 Å². The molecular weight excluding hydrogens is 579 g/mol. The standard InChI is InChI=1S/C23H21BrF3N5O4S/c1-3-17-30-21(28)19(22(33)29-2)32(17)11-12-8-9-16-14(10-12)18(24)20(36-16)13-6-4-5-7-15(13)31-37(34,35)23(25,26)27/h4-10,31H,3,11,28H2,1-2H3,(H,29,33). The van der Waals surface area contributed by atoms with E-state index in [4.69, 9.17) is 10.2 Å². The smallest absolute Gasteiger partial charge is 0.455 e. The van der Waals surface area contributed by atoms with Crippen molar-refractivity contribution >= 4 is 54.3 Å². The van der Waals surface area contributed by atoms with E-state index in [1.54, 1.807) is 33.6 Å². The highest BCUT2D eigenvalue weighted by atomic mass is 79.9. The number of alkyl halides is 3. The van der Waals surface area contributed by atoms with Crippen molar-refractivity contribution < 1.29 is 30.8 Å². The highest BCUT2D eigenvalue weighted by molar-refractivity contribution is 9.10. The number of carbonyl (C=O) groups is 1. The van der Waals surface area contributed by atoms with Crippen LogP contribution in [0, 0.1) is 0 Å². The van der Waals surface area contributed by atoms with Crippen LogP contribution in [0.3, 0.4) is 0 Å². The molecule has 2 aromatic carbocycles. The third kappa shape index (κ3) is 4.90. The van der Waals surface area contributed by atoms with Crippen LogP contribution in [0.2, 0.25) is 0 Å². The lowest BCUT2D eigenvalue weighted by molar-refractivity contribution is -0.0429. The number of nitrogens with two attached hydrogens (primary N) is 1. The van der Waals surface area contributed by atoms with Gasteiger partial charge in [0.05, 0.1) is 10.2 Å². The Hall–Kier alpha value is -3.52. The molecule has 196 valence electrons. The number of aryl methyl sites for hydroxylation is 1. The molecule has 0 fully saturated rings. The second-order valence-electron chi connectivity index (χ2n) is 7.95. The van der Waals surface area contributed by atoms with E-state index < -0.39 is 15.5 Å². The predicted octanol–water partition coefficient (Wildman–Crippen LogP) is 4.87. The number of carbonyl (C=O) groups excluding carboxylic acids is 1. The summed E-state index contributed by atoms with van der Waals surface area (Å²) in [7, 11) is -4.15. The van der Waals surface area contributed by atoms with E-state index in [1.165, 1.54) is 25.2 Å². The van der Waals surface area contributed by atoms with E-state index >= 15 is 0 Å². The van der Waals surface area contributed by atoms with Gasteiger partial charge in [0.25, 0.3) is 5.91 Å². The summed E-state index contributed by atoms with van der Waals surface area (Å²) in [5, 5.41) is 3.15. The number of hydrogen-bond acceptors (Lipinski definition) is 6. The molecule has 0 saturated carbocycles. The van der Waals surface area contributed by atoms with Crippen LogP contribution in [0.4, 0.5) is 24.7 Å². The third-order valence-electron chi connectivity index (χ3n) is 5.59. The van der Waals surface area contributed by atoms with Crippen molar-refractivity contribution in [2.24, 2.45) is 0 Å². The van der Waals surface area contributed by atoms with Crippen LogP contribution < -0.4 is 15.8 Å². The van der Waals surface area contributed by atoms with Gasteiger partial charge in [-0.1, -0.05) is 25.1 Å². The molecule has 4 rings (SSSR count). The molecule has 0 aliphatic heterocycles. The predicted molar refractivity (Wildman–Crippen MR) is 136 cm³/mol. The number of aromatic nitrogens is 2. The van der Waals surface area contributed by atoms with Gasteiger partial charge in [0, 0.05) is 31.0 Å². The lowest BCUT2D eigenvalue weighted by Gasteiger charge is -2.13. The van der Waals surface area contributed by atoms with Gasteiger partial charge < -0.3 is 20.0 Å². The van der Waals surface area contributed by atoms with Crippen LogP contribution in [-0.2, 0) is 23.0 Å². The second kappa shape index (κ2) is 9.74. The maximum absolute atomic E-state index is 13.0. The Labute approximate surface area is 218 Å². The van der Waals surface area contributed by atoms with E-state index in [0.717, 1.165) is 5.56 Å². The Kier molecular flexibility index (Phi) is 6.99. The summed E-state index contributed by atoms with van der Waals surface area (Å²) in [6.45, 7) is 2.15. The summed E-state index contributed by atoms with van der Waals surface area (Å²) < 4.78 is 71.9. The number of imidazole rings is 1. The van der Waals surface area contributed by atoms with Gasteiger partial charge in [-0.15, -0.1) is 0 Å². The van der Waals surface area contributed by atoms with Crippen molar-refractivity contribution in [3.8, 4) is 11.3 Å². The first kappa shape index (κ1) is 26.5. The zero-order valence-electron chi connectivity index (χ0n) is 19.5. The van der Waals surface area contributed by atoms with Crippen molar-refractivity contribution in [2.75, 3.05) is 17.5 Å². The van der Waals surface area contributed by atoms with Crippen molar-refractivity contribution in [1.82, 2.24) is 14.9 Å². The van der Waals surface area contributed by atoms with Crippen LogP contribution in [-0.4, -0.2) is 36.4 Å². The molecule has 0 radical (unpaired) electrons. The molecule has 0 aliphatic carbocycles. The maximum Gasteiger partial charge on any atom is 0.516 e. The molecular formula is C23H21BrF3N5O4S. The number of nitrogen functional groups attached to an aromatic ring is 1. The highest BCUT2D eigenvalue weighted by Crippen LogP contribution is 2.42. The maximum atomic E-state index is 13.0. The van der Waals surface area contributed by atoms with E-state index in [2.05, 4.69) is 26.2 Å². The highest BCUT2D eigenvalue weighted by Gasteiger charge is 2.46. The quantitative estimate of drug-likeness (QED) is 0.277. The minimum absolute atomic E-state index is 0.109. The Morgan fingerprint density at radius 3 is 2.57 bits per heavy atom. The molecule has 0 aliphatic rings. The van der Waals surface area contributed by atoms with Gasteiger partial charge in [-0.3, -0.25) is 9.52 Å². The minimum atomic E-state index is -5.64. The summed E-state index contributed by atoms with van der Waals surface area (Å²) in [5.74, 6) is 0.492. The van der Waals surface area contributed by atoms with Gasteiger partial charge in [-0.2, -0.15) is 21.6 Å². The molecule has 0 unspecified atom stereocenters. The average Bonchev–Trinajstić information content (AvgIpc) is 3.33. The van der Waals surface area contributed by atoms with Crippen molar-refractivity contribution in [2.45, 2.75) is 25.4 Å². The van der Waals surface area contributed by atoms with Gasteiger partial charge in [-0.05, 0) is 45.8 Å². The van der Waals surface area contributed by atoms with Crippen LogP contribution in [0.5, 0.6) is 0 Å². The topological polar surface area (TPSA) is 132 Å². The fourth-order valence-electron chi connectivity index (χ4n) is 3.86. The van der Waals surface area contributed by atoms with E-state index in [0.29, 0.717) is 27.7 Å². The summed E-state index contributed by atoms with van der Waals surface area (Å²) in [6.07, 6.45) is 0.535. The summed E-state index contributed by atoms with van der Waals surface area (Å²) in [6, 6.07) is 10.8. The Morgan fingerprint density at radius 1 is 1.22 bits per heavy atom. The summed E-state index contributed by atoms with van der Waals surface area (Å²) >= 11 is 3.45. The van der Waals surface area contributed by atoms with Gasteiger partial charge in [0.15, 0.2) is 17.3 Å². The zero-order valence-corrected chi connectivity index (χ0v) is 21.9. The number of anilines is 2. The SMILES string of the molecule is CCc1nc(N)c(C(=O)NC)n1Cc1ccc2oc(-c3ccccc3NS(=O)(=O)C(F)(F)F)c(Br)c2c1. The number of nitrogens with zero attached hydrogens (tertiary/aromatic N) is 2. The fourth-order valence-corrected chi connectivity index (χ4v) is 5.05. The first-order chi connectivity index (χ1) is 17.4. The first-order valence-corrected chi connectivity index (χ1v) is 13.1. The number of sulfonamides is 1. The number of furan rings is 1. The number of rotatable bonds is 7. The monoisotopic (exact) mass is 599 g/mol. The minimum Gasteiger partial charge on any atom is -0.455 e. The molecule has 4 aromatic rings. The first-order valence-electron chi connectivity index (χ1n) is 10.8. The lowest BCUT2D eigenvalue weighted by Crippen LogP contribution is -2.30. The molecule has 1 amide bonds. The number of nitrogens with one attached hydrogen (secondary N) is 2. The van der Waals surface area contributed by atoms with Gasteiger partial charge in [0.2, 0.25) is 0 Å². The lowest BCUT2D eigenvalue weighted by atomic mass is 10.1. The fraction of sp³-hybridized carbons (Fsp3) is 0.217. The van der Waals surface area contributed by atoms with E-state index in [9.17, 15) is 26.4 Å². The van der Waals surface area contributed by atoms with Crippen LogP contribution in [0.15, 0.2) is 51.4 Å². The summed E-state index contributed by atoms with van der Waals surface area (Å²) in [5.41, 5.74) is 1.72. The Morgan fingerprint density at radius 2 is 1.92 bits per heavy atom. The molecule has 0 atom stereocenters. The van der Waals surface area contributed by atoms with E-state index in [1.807, 2.05) is 6.92 Å². The number of amides is 1. The normalized spacial score (nSPS) is 12.2. The molecule has 0 saturated heterocycles. The third-order valence-corrected chi connectivity index (χ3v) is 7.47. The molecule has 4 N–H and O–H groups in total. The zero-order chi connectivity index (χ0) is 27.1. The van der Waals surface area contributed by atoms with Crippen molar-refractivity contribution in [3.05, 3.63) is 64.0 Å². The number of para-hydroxylation sites is 1. The Balaban J connectivity index is 1.77. The molecule has 0 bridgehead atoms. The summed E-state index contributed by atoms with van der Waals surface area (Å²) in [4.78, 5) is 16.7. The number of fused-ring (bicyclic) bond motifs is 1. The molecule has 37 heavy (non-hydrogen) atoms. The largest absolute Gasteiger partial charge is 0.516 e. The van der Waals surface area contributed by atoms with Crippen molar-refractivity contribution in [1.29, 1.82) is 0 Å². The molecule has 2 heterocycles. The van der Waals surface area contributed by atoms with Gasteiger partial charge >= 0.3 is 15.5 Å². The number of benzene rings is 2. The van der Waals surface area contributed by atoms with Crippen LogP contribution in [0.25, 0.3) is 22.3 Å². The Bertz CT molecular complexity index is 1610. The van der Waals surface area contributed by atoms with Gasteiger partial charge in [0.1, 0.15) is 11.4 Å². The van der Waals surface area contributed by atoms with Crippen LogP contribution >= 0.6 is 15.9 Å². The van der Waals surface area contributed by atoms with E-state index in [-0.39, 0.29) is 41.0 Å². The molecule has 2 aromatic heterocycles. The van der Waals surface area contributed by atoms with Crippen LogP contribution in [0.1, 0.15) is 28.8 Å². The molecule has 14 heteroatoms. The number of halogens is 4. The average molecular weight is 600 g/mol. The number of hydrogen-bond donors (Lipinski definition) is 3. The molecule has 0 spiro atoms. The van der Waals surface area contributed by atoms with Crippen molar-refractivity contribution in [3.63, 3.8) is 0 Å². The molecule has 9 nitrogen and oxygen atoms in total.